The minimum atomic E-state index is -0.481. The van der Waals surface area contributed by atoms with E-state index in [-0.39, 0.29) is 46.9 Å². The van der Waals surface area contributed by atoms with Crippen LogP contribution in [0.15, 0.2) is 23.8 Å². The number of ether oxygens (including phenoxy) is 1. The van der Waals surface area contributed by atoms with Crippen molar-refractivity contribution in [2.24, 2.45) is 5.92 Å². The Morgan fingerprint density at radius 2 is 1.87 bits per heavy atom. The topological polar surface area (TPSA) is 83.8 Å². The molecule has 0 saturated heterocycles. The number of phenols is 2. The van der Waals surface area contributed by atoms with Crippen molar-refractivity contribution >= 4 is 11.8 Å². The van der Waals surface area contributed by atoms with Gasteiger partial charge in [0.25, 0.3) is 0 Å². The molecule has 2 atom stereocenters. The molecule has 0 bridgehead atoms. The van der Waals surface area contributed by atoms with Crippen molar-refractivity contribution in [1.29, 1.82) is 0 Å². The SMILES string of the molecule is C/C1=C\CCC(C)C(C)OC(=O)Cc2cc(O)cc(O)c2C1=O. The van der Waals surface area contributed by atoms with Crippen LogP contribution in [0.1, 0.15) is 49.5 Å². The van der Waals surface area contributed by atoms with Crippen LogP contribution in [0, 0.1) is 5.92 Å². The van der Waals surface area contributed by atoms with E-state index < -0.39 is 5.97 Å². The zero-order valence-electron chi connectivity index (χ0n) is 13.6. The minimum absolute atomic E-state index is 0.0507. The molecule has 124 valence electrons. The second kappa shape index (κ2) is 6.86. The van der Waals surface area contributed by atoms with E-state index >= 15 is 0 Å². The number of allylic oxidation sites excluding steroid dienone is 2. The molecule has 0 aliphatic carbocycles. The van der Waals surface area contributed by atoms with Gasteiger partial charge in [-0.1, -0.05) is 13.0 Å². The molecule has 23 heavy (non-hydrogen) atoms. The maximum atomic E-state index is 12.6. The molecule has 0 amide bonds. The van der Waals surface area contributed by atoms with Crippen LogP contribution in [0.25, 0.3) is 0 Å². The van der Waals surface area contributed by atoms with Crippen LogP contribution in [0.3, 0.4) is 0 Å². The number of esters is 1. The second-order valence-electron chi connectivity index (χ2n) is 6.14. The first kappa shape index (κ1) is 17.1. The lowest BCUT2D eigenvalue weighted by molar-refractivity contribution is -0.149. The highest BCUT2D eigenvalue weighted by atomic mass is 16.5. The fourth-order valence-corrected chi connectivity index (χ4v) is 2.68. The molecule has 2 N–H and O–H groups in total. The van der Waals surface area contributed by atoms with E-state index in [0.717, 1.165) is 12.5 Å². The van der Waals surface area contributed by atoms with Crippen molar-refractivity contribution in [1.82, 2.24) is 0 Å². The Morgan fingerprint density at radius 1 is 1.17 bits per heavy atom. The molecule has 0 spiro atoms. The number of ketones is 1. The number of phenolic OH excluding ortho intramolecular Hbond substituents is 2. The molecule has 0 radical (unpaired) electrons. The Bertz CT molecular complexity index is 660. The first-order valence-electron chi connectivity index (χ1n) is 7.75. The fraction of sp³-hybridized carbons (Fsp3) is 0.444. The van der Waals surface area contributed by atoms with E-state index in [2.05, 4.69) is 0 Å². The van der Waals surface area contributed by atoms with Crippen molar-refractivity contribution in [2.75, 3.05) is 0 Å². The van der Waals surface area contributed by atoms with Gasteiger partial charge >= 0.3 is 5.97 Å². The molecule has 1 heterocycles. The van der Waals surface area contributed by atoms with Crippen LogP contribution in [0.5, 0.6) is 11.5 Å². The van der Waals surface area contributed by atoms with Gasteiger partial charge in [0.2, 0.25) is 0 Å². The van der Waals surface area contributed by atoms with Crippen LogP contribution in [0.4, 0.5) is 0 Å². The van der Waals surface area contributed by atoms with Gasteiger partial charge in [-0.15, -0.1) is 0 Å². The average Bonchev–Trinajstić information content (AvgIpc) is 2.44. The summed E-state index contributed by atoms with van der Waals surface area (Å²) in [5, 5.41) is 19.7. The van der Waals surface area contributed by atoms with Crippen LogP contribution >= 0.6 is 0 Å². The Balaban J connectivity index is 2.51. The number of rotatable bonds is 0. The summed E-state index contributed by atoms with van der Waals surface area (Å²) in [6.07, 6.45) is 2.92. The largest absolute Gasteiger partial charge is 0.508 e. The van der Waals surface area contributed by atoms with E-state index in [1.54, 1.807) is 6.92 Å². The normalized spacial score (nSPS) is 25.4. The van der Waals surface area contributed by atoms with E-state index in [1.165, 1.54) is 6.07 Å². The first-order valence-corrected chi connectivity index (χ1v) is 7.75. The number of Topliss-reactive ketones (excluding diaryl/α,β-unsaturated/α-hetero) is 1. The molecule has 2 unspecified atom stereocenters. The smallest absolute Gasteiger partial charge is 0.310 e. The lowest BCUT2D eigenvalue weighted by Gasteiger charge is -2.21. The van der Waals surface area contributed by atoms with Gasteiger partial charge in [-0.2, -0.15) is 0 Å². The van der Waals surface area contributed by atoms with Crippen molar-refractivity contribution in [2.45, 2.75) is 46.1 Å². The van der Waals surface area contributed by atoms with Crippen molar-refractivity contribution in [3.05, 3.63) is 34.9 Å². The summed E-state index contributed by atoms with van der Waals surface area (Å²) in [7, 11) is 0. The van der Waals surface area contributed by atoms with Crippen LogP contribution in [-0.4, -0.2) is 28.1 Å². The Hall–Kier alpha value is -2.30. The highest BCUT2D eigenvalue weighted by Crippen LogP contribution is 2.30. The molecule has 0 fully saturated rings. The summed E-state index contributed by atoms with van der Waals surface area (Å²) < 4.78 is 5.40. The van der Waals surface area contributed by atoms with Gasteiger partial charge in [0.15, 0.2) is 5.78 Å². The third-order valence-corrected chi connectivity index (χ3v) is 4.30. The van der Waals surface area contributed by atoms with Gasteiger partial charge in [0, 0.05) is 6.07 Å². The van der Waals surface area contributed by atoms with Gasteiger partial charge < -0.3 is 14.9 Å². The number of hydrogen-bond donors (Lipinski definition) is 2. The quantitative estimate of drug-likeness (QED) is 0.718. The van der Waals surface area contributed by atoms with Crippen LogP contribution in [-0.2, 0) is 16.0 Å². The Labute approximate surface area is 135 Å². The van der Waals surface area contributed by atoms with E-state index in [9.17, 15) is 19.8 Å². The molecule has 1 aliphatic rings. The number of benzene rings is 1. The molecule has 2 rings (SSSR count). The zero-order chi connectivity index (χ0) is 17.1. The monoisotopic (exact) mass is 318 g/mol. The maximum Gasteiger partial charge on any atom is 0.310 e. The van der Waals surface area contributed by atoms with Gasteiger partial charge in [0.05, 0.1) is 12.0 Å². The predicted octanol–water partition coefficient (Wildman–Crippen LogP) is 3.13. The van der Waals surface area contributed by atoms with Gasteiger partial charge in [-0.05, 0) is 49.8 Å². The number of carbonyl (C=O) groups excluding carboxylic acids is 2. The highest BCUT2D eigenvalue weighted by molar-refractivity contribution is 6.11. The fourth-order valence-electron chi connectivity index (χ4n) is 2.68. The summed E-state index contributed by atoms with van der Waals surface area (Å²) in [6.45, 7) is 5.54. The second-order valence-corrected chi connectivity index (χ2v) is 6.14. The lowest BCUT2D eigenvalue weighted by atomic mass is 9.93. The van der Waals surface area contributed by atoms with Gasteiger partial charge in [-0.25, -0.2) is 0 Å². The van der Waals surface area contributed by atoms with Gasteiger partial charge in [-0.3, -0.25) is 9.59 Å². The number of aromatic hydroxyl groups is 2. The summed E-state index contributed by atoms with van der Waals surface area (Å²) in [4.78, 5) is 24.7. The molecule has 1 aliphatic heterocycles. The number of hydrogen-bond acceptors (Lipinski definition) is 5. The molecule has 5 nitrogen and oxygen atoms in total. The molecule has 0 aromatic heterocycles. The Kier molecular flexibility index (Phi) is 5.08. The average molecular weight is 318 g/mol. The van der Waals surface area contributed by atoms with E-state index in [4.69, 9.17) is 4.74 Å². The first-order chi connectivity index (χ1) is 10.8. The molecule has 1 aromatic carbocycles. The number of carbonyl (C=O) groups is 2. The summed E-state index contributed by atoms with van der Waals surface area (Å²) in [5.41, 5.74) is 0.835. The maximum absolute atomic E-state index is 12.6. The third kappa shape index (κ3) is 3.92. The van der Waals surface area contributed by atoms with Crippen molar-refractivity contribution < 1.29 is 24.5 Å². The molecule has 5 heteroatoms. The van der Waals surface area contributed by atoms with Crippen LogP contribution < -0.4 is 0 Å². The third-order valence-electron chi connectivity index (χ3n) is 4.30. The lowest BCUT2D eigenvalue weighted by Crippen LogP contribution is -2.24. The van der Waals surface area contributed by atoms with E-state index in [0.29, 0.717) is 12.0 Å². The van der Waals surface area contributed by atoms with Gasteiger partial charge in [0.1, 0.15) is 17.6 Å². The standard InChI is InChI=1S/C18H22O5/c1-10-5-4-6-11(2)18(22)17-13(7-14(19)9-15(17)20)8-16(21)23-12(10)3/h6-7,9-10,12,19-20H,4-5,8H2,1-3H3/b11-6+. The summed E-state index contributed by atoms with van der Waals surface area (Å²) >= 11 is 0. The molecular formula is C18H22O5. The van der Waals surface area contributed by atoms with E-state index in [1.807, 2.05) is 19.9 Å². The van der Waals surface area contributed by atoms with Crippen LogP contribution in [0.2, 0.25) is 0 Å². The summed E-state index contributed by atoms with van der Waals surface area (Å²) in [5.74, 6) is -1.17. The molecule has 0 saturated carbocycles. The van der Waals surface area contributed by atoms with Crippen molar-refractivity contribution in [3.63, 3.8) is 0 Å². The summed E-state index contributed by atoms with van der Waals surface area (Å²) in [6, 6.07) is 2.42. The number of fused-ring (bicyclic) bond motifs is 1. The zero-order valence-corrected chi connectivity index (χ0v) is 13.6. The Morgan fingerprint density at radius 3 is 2.57 bits per heavy atom. The highest BCUT2D eigenvalue weighted by Gasteiger charge is 2.24. The van der Waals surface area contributed by atoms with Crippen molar-refractivity contribution in [3.8, 4) is 11.5 Å². The molecule has 1 aromatic rings. The number of cyclic esters (lactones) is 1. The predicted molar refractivity (Wildman–Crippen MR) is 85.5 cm³/mol. The molecular weight excluding hydrogens is 296 g/mol. The minimum Gasteiger partial charge on any atom is -0.508 e.